The molecule has 19 heavy (non-hydrogen) atoms. The standard InChI is InChI=1S/C14H20ClN3O/c1-14(19,11-5-3-4-6-12(11)15)9-17-13(16)18(2)10-7-8-10/h3-6,10,19H,7-9H2,1-2H3,(H2,16,17). The van der Waals surface area contributed by atoms with E-state index in [1.807, 2.05) is 24.1 Å². The van der Waals surface area contributed by atoms with Gasteiger partial charge in [0.25, 0.3) is 0 Å². The molecule has 0 amide bonds. The van der Waals surface area contributed by atoms with Gasteiger partial charge in [-0.05, 0) is 25.8 Å². The molecule has 5 heteroatoms. The fraction of sp³-hybridized carbons (Fsp3) is 0.500. The van der Waals surface area contributed by atoms with Crippen molar-refractivity contribution in [3.05, 3.63) is 34.9 Å². The van der Waals surface area contributed by atoms with Crippen LogP contribution in [0.3, 0.4) is 0 Å². The van der Waals surface area contributed by atoms with Crippen LogP contribution in [0.25, 0.3) is 0 Å². The second-order valence-corrected chi connectivity index (χ2v) is 5.68. The van der Waals surface area contributed by atoms with Crippen molar-refractivity contribution in [3.63, 3.8) is 0 Å². The minimum atomic E-state index is -1.12. The maximum atomic E-state index is 10.5. The van der Waals surface area contributed by atoms with Gasteiger partial charge >= 0.3 is 0 Å². The predicted octanol–water partition coefficient (Wildman–Crippen LogP) is 1.96. The summed E-state index contributed by atoms with van der Waals surface area (Å²) in [5, 5.41) is 11.0. The first-order valence-corrected chi connectivity index (χ1v) is 6.80. The highest BCUT2D eigenvalue weighted by atomic mass is 35.5. The molecule has 0 spiro atoms. The topological polar surface area (TPSA) is 61.8 Å². The third kappa shape index (κ3) is 3.39. The Balaban J connectivity index is 2.08. The first kappa shape index (κ1) is 14.2. The number of aliphatic imine (C=N–C) groups is 1. The van der Waals surface area contributed by atoms with E-state index in [1.165, 1.54) is 0 Å². The van der Waals surface area contributed by atoms with Gasteiger partial charge in [0.1, 0.15) is 5.60 Å². The van der Waals surface area contributed by atoms with Gasteiger partial charge in [0.05, 0.1) is 6.54 Å². The molecule has 0 heterocycles. The van der Waals surface area contributed by atoms with E-state index in [9.17, 15) is 5.11 Å². The van der Waals surface area contributed by atoms with E-state index in [4.69, 9.17) is 17.3 Å². The Labute approximate surface area is 118 Å². The second kappa shape index (κ2) is 5.39. The fourth-order valence-corrected chi connectivity index (χ4v) is 2.32. The first-order valence-electron chi connectivity index (χ1n) is 6.42. The van der Waals surface area contributed by atoms with Crippen LogP contribution in [-0.4, -0.2) is 35.6 Å². The van der Waals surface area contributed by atoms with E-state index >= 15 is 0 Å². The molecule has 1 aliphatic carbocycles. The minimum Gasteiger partial charge on any atom is -0.383 e. The Morgan fingerprint density at radius 3 is 2.74 bits per heavy atom. The van der Waals surface area contributed by atoms with Gasteiger partial charge in [-0.2, -0.15) is 0 Å². The third-order valence-corrected chi connectivity index (χ3v) is 3.79. The lowest BCUT2D eigenvalue weighted by molar-refractivity contribution is 0.0672. The molecule has 104 valence electrons. The molecule has 1 aromatic rings. The molecule has 1 atom stereocenters. The van der Waals surface area contributed by atoms with Gasteiger partial charge in [-0.1, -0.05) is 29.8 Å². The molecule has 0 aliphatic heterocycles. The quantitative estimate of drug-likeness (QED) is 0.655. The van der Waals surface area contributed by atoms with Crippen molar-refractivity contribution >= 4 is 17.6 Å². The number of guanidine groups is 1. The van der Waals surface area contributed by atoms with Crippen LogP contribution in [-0.2, 0) is 5.60 Å². The fourth-order valence-electron chi connectivity index (χ4n) is 1.98. The number of nitrogens with two attached hydrogens (primary N) is 1. The minimum absolute atomic E-state index is 0.194. The van der Waals surface area contributed by atoms with E-state index in [-0.39, 0.29) is 6.54 Å². The number of aliphatic hydroxyl groups is 1. The summed E-state index contributed by atoms with van der Waals surface area (Å²) in [5.74, 6) is 0.467. The summed E-state index contributed by atoms with van der Waals surface area (Å²) in [7, 11) is 1.93. The molecule has 2 rings (SSSR count). The Kier molecular flexibility index (Phi) is 4.02. The Morgan fingerprint density at radius 2 is 2.16 bits per heavy atom. The van der Waals surface area contributed by atoms with Crippen LogP contribution in [0.15, 0.2) is 29.3 Å². The monoisotopic (exact) mass is 281 g/mol. The molecule has 0 aromatic heterocycles. The van der Waals surface area contributed by atoms with Gasteiger partial charge in [0, 0.05) is 23.7 Å². The van der Waals surface area contributed by atoms with E-state index in [1.54, 1.807) is 19.1 Å². The summed E-state index contributed by atoms with van der Waals surface area (Å²) in [6.07, 6.45) is 2.32. The SMILES string of the molecule is CN(C(N)=NCC(C)(O)c1ccccc1Cl)C1CC1. The van der Waals surface area contributed by atoms with Crippen LogP contribution >= 0.6 is 11.6 Å². The lowest BCUT2D eigenvalue weighted by atomic mass is 9.96. The highest BCUT2D eigenvalue weighted by molar-refractivity contribution is 6.31. The van der Waals surface area contributed by atoms with Crippen molar-refractivity contribution in [3.8, 4) is 0 Å². The average molecular weight is 282 g/mol. The number of rotatable bonds is 4. The van der Waals surface area contributed by atoms with Crippen molar-refractivity contribution in [2.45, 2.75) is 31.4 Å². The molecule has 0 bridgehead atoms. The van der Waals surface area contributed by atoms with Crippen molar-refractivity contribution < 1.29 is 5.11 Å². The van der Waals surface area contributed by atoms with Crippen LogP contribution < -0.4 is 5.73 Å². The van der Waals surface area contributed by atoms with Gasteiger partial charge in [-0.15, -0.1) is 0 Å². The summed E-state index contributed by atoms with van der Waals surface area (Å²) >= 11 is 6.10. The number of benzene rings is 1. The average Bonchev–Trinajstić information content (AvgIpc) is 3.19. The Hall–Kier alpha value is -1.26. The van der Waals surface area contributed by atoms with Crippen molar-refractivity contribution in [1.29, 1.82) is 0 Å². The van der Waals surface area contributed by atoms with Crippen molar-refractivity contribution in [2.75, 3.05) is 13.6 Å². The van der Waals surface area contributed by atoms with E-state index in [0.29, 0.717) is 22.6 Å². The highest BCUT2D eigenvalue weighted by Gasteiger charge is 2.29. The molecule has 1 unspecified atom stereocenters. The number of halogens is 1. The van der Waals surface area contributed by atoms with Crippen LogP contribution in [0.1, 0.15) is 25.3 Å². The maximum Gasteiger partial charge on any atom is 0.191 e. The zero-order chi connectivity index (χ0) is 14.0. The smallest absolute Gasteiger partial charge is 0.191 e. The molecule has 0 saturated heterocycles. The molecular weight excluding hydrogens is 262 g/mol. The Morgan fingerprint density at radius 1 is 1.53 bits per heavy atom. The molecule has 4 nitrogen and oxygen atoms in total. The maximum absolute atomic E-state index is 10.5. The summed E-state index contributed by atoms with van der Waals surface area (Å²) in [6.45, 7) is 1.89. The summed E-state index contributed by atoms with van der Waals surface area (Å²) in [6, 6.07) is 7.75. The largest absolute Gasteiger partial charge is 0.383 e. The van der Waals surface area contributed by atoms with E-state index in [2.05, 4.69) is 4.99 Å². The lowest BCUT2D eigenvalue weighted by Gasteiger charge is -2.24. The van der Waals surface area contributed by atoms with Crippen LogP contribution in [0, 0.1) is 0 Å². The normalized spacial score (nSPS) is 19.1. The second-order valence-electron chi connectivity index (χ2n) is 5.27. The van der Waals surface area contributed by atoms with Gasteiger partial charge < -0.3 is 15.7 Å². The highest BCUT2D eigenvalue weighted by Crippen LogP contribution is 2.28. The number of nitrogens with zero attached hydrogens (tertiary/aromatic N) is 2. The van der Waals surface area contributed by atoms with Crippen LogP contribution in [0.5, 0.6) is 0 Å². The van der Waals surface area contributed by atoms with Gasteiger partial charge in [0.2, 0.25) is 0 Å². The lowest BCUT2D eigenvalue weighted by Crippen LogP contribution is -2.37. The van der Waals surface area contributed by atoms with Gasteiger partial charge in [-0.3, -0.25) is 0 Å². The molecule has 1 saturated carbocycles. The van der Waals surface area contributed by atoms with Crippen molar-refractivity contribution in [2.24, 2.45) is 10.7 Å². The van der Waals surface area contributed by atoms with Crippen LogP contribution in [0.2, 0.25) is 5.02 Å². The molecular formula is C14H20ClN3O. The molecule has 3 N–H and O–H groups in total. The Bertz CT molecular complexity index is 483. The summed E-state index contributed by atoms with van der Waals surface area (Å²) in [5.41, 5.74) is 5.46. The number of hydrogen-bond acceptors (Lipinski definition) is 2. The predicted molar refractivity (Wildman–Crippen MR) is 78.3 cm³/mol. The number of hydrogen-bond donors (Lipinski definition) is 2. The van der Waals surface area contributed by atoms with Crippen LogP contribution in [0.4, 0.5) is 0 Å². The van der Waals surface area contributed by atoms with Gasteiger partial charge in [-0.25, -0.2) is 4.99 Å². The van der Waals surface area contributed by atoms with Gasteiger partial charge in [0.15, 0.2) is 5.96 Å². The van der Waals surface area contributed by atoms with Crippen molar-refractivity contribution in [1.82, 2.24) is 4.90 Å². The van der Waals surface area contributed by atoms with E-state index in [0.717, 1.165) is 12.8 Å². The van der Waals surface area contributed by atoms with E-state index < -0.39 is 5.60 Å². The molecule has 1 fully saturated rings. The molecule has 1 aromatic carbocycles. The molecule has 0 radical (unpaired) electrons. The summed E-state index contributed by atoms with van der Waals surface area (Å²) in [4.78, 5) is 6.25. The third-order valence-electron chi connectivity index (χ3n) is 3.46. The first-order chi connectivity index (χ1) is 8.92. The zero-order valence-corrected chi connectivity index (χ0v) is 12.1. The molecule has 1 aliphatic rings. The zero-order valence-electron chi connectivity index (χ0n) is 11.3. The summed E-state index contributed by atoms with van der Waals surface area (Å²) < 4.78 is 0.